The minimum atomic E-state index is -3.67. The number of hydrogen-bond acceptors (Lipinski definition) is 3. The van der Waals surface area contributed by atoms with Crippen molar-refractivity contribution in [2.75, 3.05) is 18.5 Å². The van der Waals surface area contributed by atoms with E-state index in [4.69, 9.17) is 9.05 Å². The summed E-state index contributed by atoms with van der Waals surface area (Å²) >= 11 is 3.39. The van der Waals surface area contributed by atoms with Gasteiger partial charge in [0.2, 0.25) is 0 Å². The van der Waals surface area contributed by atoms with Gasteiger partial charge in [0, 0.05) is 5.33 Å². The number of rotatable bonds is 9. The monoisotopic (exact) mass is 458 g/mol. The third-order valence-corrected chi connectivity index (χ3v) is 7.66. The summed E-state index contributed by atoms with van der Waals surface area (Å²) in [6.45, 7) is 2.41. The van der Waals surface area contributed by atoms with Crippen LogP contribution in [0, 0.1) is 0 Å². The zero-order valence-corrected chi connectivity index (χ0v) is 18.3. The molecule has 0 radical (unpaired) electrons. The molecular weight excluding hydrogens is 435 g/mol. The molecule has 3 rings (SSSR count). The zero-order chi connectivity index (χ0) is 19.9. The van der Waals surface area contributed by atoms with E-state index in [1.165, 1.54) is 0 Å². The first-order valence-electron chi connectivity index (χ1n) is 9.31. The van der Waals surface area contributed by atoms with Crippen LogP contribution in [0.3, 0.4) is 0 Å². The lowest BCUT2D eigenvalue weighted by Gasteiger charge is -2.40. The van der Waals surface area contributed by atoms with E-state index in [9.17, 15) is 4.57 Å². The second-order valence-electron chi connectivity index (χ2n) is 6.25. The Morgan fingerprint density at radius 2 is 1.14 bits per heavy atom. The zero-order valence-electron chi connectivity index (χ0n) is 15.8. The van der Waals surface area contributed by atoms with Crippen molar-refractivity contribution in [3.8, 4) is 0 Å². The molecule has 3 aromatic rings. The van der Waals surface area contributed by atoms with Crippen LogP contribution in [0.4, 0.5) is 0 Å². The van der Waals surface area contributed by atoms with Gasteiger partial charge in [-0.2, -0.15) is 0 Å². The van der Waals surface area contributed by atoms with Crippen LogP contribution < -0.4 is 0 Å². The molecule has 0 aliphatic heterocycles. The summed E-state index contributed by atoms with van der Waals surface area (Å²) in [6.07, 6.45) is 0. The number of benzene rings is 3. The SMILES string of the molecule is CCO[P@@](=O)(OCCBr)C(c1ccccc1)(c1ccccc1)c1ccccc1. The molecule has 3 nitrogen and oxygen atoms in total. The number of alkyl halides is 1. The lowest BCUT2D eigenvalue weighted by atomic mass is 9.84. The van der Waals surface area contributed by atoms with Gasteiger partial charge in [0.1, 0.15) is 5.16 Å². The molecule has 0 fully saturated rings. The fraction of sp³-hybridized carbons (Fsp3) is 0.217. The van der Waals surface area contributed by atoms with Gasteiger partial charge in [0.05, 0.1) is 13.2 Å². The molecule has 28 heavy (non-hydrogen) atoms. The van der Waals surface area contributed by atoms with Crippen LogP contribution in [-0.4, -0.2) is 18.5 Å². The summed E-state index contributed by atoms with van der Waals surface area (Å²) in [7, 11) is -3.67. The Morgan fingerprint density at radius 1 is 0.750 bits per heavy atom. The molecule has 0 aliphatic rings. The first-order valence-corrected chi connectivity index (χ1v) is 12.0. The highest BCUT2D eigenvalue weighted by atomic mass is 79.9. The highest BCUT2D eigenvalue weighted by molar-refractivity contribution is 9.09. The number of halogens is 1. The van der Waals surface area contributed by atoms with E-state index in [1.54, 1.807) is 0 Å². The lowest BCUT2D eigenvalue weighted by Crippen LogP contribution is -2.32. The van der Waals surface area contributed by atoms with Gasteiger partial charge < -0.3 is 9.05 Å². The lowest BCUT2D eigenvalue weighted by molar-refractivity contribution is 0.208. The Bertz CT molecular complexity index is 804. The molecule has 0 aromatic heterocycles. The molecular formula is C23H24BrO3P. The summed E-state index contributed by atoms with van der Waals surface area (Å²) < 4.78 is 26.5. The van der Waals surface area contributed by atoms with Gasteiger partial charge in [-0.3, -0.25) is 4.57 Å². The van der Waals surface area contributed by atoms with Crippen LogP contribution in [0.15, 0.2) is 91.0 Å². The minimum Gasteiger partial charge on any atom is -0.308 e. The maximum absolute atomic E-state index is 14.5. The molecule has 0 aliphatic carbocycles. The van der Waals surface area contributed by atoms with Crippen molar-refractivity contribution in [2.24, 2.45) is 0 Å². The summed E-state index contributed by atoms with van der Waals surface area (Å²) in [5.74, 6) is 0. The first kappa shape index (κ1) is 21.0. The Labute approximate surface area is 175 Å². The van der Waals surface area contributed by atoms with Crippen molar-refractivity contribution in [2.45, 2.75) is 12.1 Å². The summed E-state index contributed by atoms with van der Waals surface area (Å²) in [4.78, 5) is 0. The van der Waals surface area contributed by atoms with Crippen molar-refractivity contribution >= 4 is 23.5 Å². The topological polar surface area (TPSA) is 35.5 Å². The second kappa shape index (κ2) is 9.67. The molecule has 5 heteroatoms. The first-order chi connectivity index (χ1) is 13.7. The maximum Gasteiger partial charge on any atom is 0.349 e. The summed E-state index contributed by atoms with van der Waals surface area (Å²) in [5.41, 5.74) is 2.62. The highest BCUT2D eigenvalue weighted by Crippen LogP contribution is 2.70. The molecule has 146 valence electrons. The summed E-state index contributed by atoms with van der Waals surface area (Å²) in [5, 5.41) is -0.506. The number of hydrogen-bond donors (Lipinski definition) is 0. The summed E-state index contributed by atoms with van der Waals surface area (Å²) in [6, 6.07) is 29.5. The van der Waals surface area contributed by atoms with Crippen molar-refractivity contribution in [1.82, 2.24) is 0 Å². The van der Waals surface area contributed by atoms with E-state index in [2.05, 4.69) is 15.9 Å². The highest BCUT2D eigenvalue weighted by Gasteiger charge is 2.55. The second-order valence-corrected chi connectivity index (χ2v) is 9.22. The molecule has 0 unspecified atom stereocenters. The molecule has 0 saturated heterocycles. The van der Waals surface area contributed by atoms with Crippen LogP contribution in [0.25, 0.3) is 0 Å². The van der Waals surface area contributed by atoms with Crippen molar-refractivity contribution in [3.05, 3.63) is 108 Å². The third-order valence-electron chi connectivity index (χ3n) is 4.62. The average Bonchev–Trinajstić information content (AvgIpc) is 2.75. The fourth-order valence-corrected chi connectivity index (χ4v) is 6.51. The van der Waals surface area contributed by atoms with Crippen LogP contribution in [0.1, 0.15) is 23.6 Å². The Kier molecular flexibility index (Phi) is 7.25. The van der Waals surface area contributed by atoms with E-state index in [0.29, 0.717) is 5.33 Å². The van der Waals surface area contributed by atoms with Crippen LogP contribution in [0.2, 0.25) is 0 Å². The quantitative estimate of drug-likeness (QED) is 0.205. The third kappa shape index (κ3) is 3.88. The molecule has 3 aromatic carbocycles. The standard InChI is InChI=1S/C23H24BrO3P/c1-2-26-28(25,27-19-18-24)23(20-12-6-3-7-13-20,21-14-8-4-9-15-21)22-16-10-5-11-17-22/h3-17H,2,18-19H2,1H3/t28-/m1/s1. The molecule has 0 amide bonds. The molecule has 0 spiro atoms. The van der Waals surface area contributed by atoms with Gasteiger partial charge in [-0.15, -0.1) is 0 Å². The maximum atomic E-state index is 14.5. The van der Waals surface area contributed by atoms with Crippen LogP contribution in [0.5, 0.6) is 0 Å². The van der Waals surface area contributed by atoms with E-state index >= 15 is 0 Å². The van der Waals surface area contributed by atoms with Crippen LogP contribution in [-0.2, 0) is 18.8 Å². The Balaban J connectivity index is 2.41. The predicted molar refractivity (Wildman–Crippen MR) is 118 cm³/mol. The van der Waals surface area contributed by atoms with Gasteiger partial charge in [-0.25, -0.2) is 0 Å². The van der Waals surface area contributed by atoms with E-state index in [0.717, 1.165) is 16.7 Å². The van der Waals surface area contributed by atoms with Gasteiger partial charge >= 0.3 is 7.60 Å². The Hall–Kier alpha value is -1.71. The Morgan fingerprint density at radius 3 is 1.46 bits per heavy atom. The van der Waals surface area contributed by atoms with Crippen molar-refractivity contribution in [3.63, 3.8) is 0 Å². The molecule has 0 heterocycles. The van der Waals surface area contributed by atoms with Crippen molar-refractivity contribution < 1.29 is 13.6 Å². The molecule has 0 bridgehead atoms. The van der Waals surface area contributed by atoms with Gasteiger partial charge in [-0.1, -0.05) is 107 Å². The van der Waals surface area contributed by atoms with Gasteiger partial charge in [0.25, 0.3) is 0 Å². The van der Waals surface area contributed by atoms with E-state index < -0.39 is 12.8 Å². The van der Waals surface area contributed by atoms with Gasteiger partial charge in [-0.05, 0) is 23.6 Å². The minimum absolute atomic E-state index is 0.283. The van der Waals surface area contributed by atoms with E-state index in [1.807, 2.05) is 97.9 Å². The smallest absolute Gasteiger partial charge is 0.308 e. The normalized spacial score (nSPS) is 13.8. The fourth-order valence-electron chi connectivity index (χ4n) is 3.57. The average molecular weight is 459 g/mol. The van der Waals surface area contributed by atoms with E-state index in [-0.39, 0.29) is 13.2 Å². The van der Waals surface area contributed by atoms with Crippen molar-refractivity contribution in [1.29, 1.82) is 0 Å². The largest absolute Gasteiger partial charge is 0.349 e. The molecule has 1 atom stereocenters. The predicted octanol–water partition coefficient (Wildman–Crippen LogP) is 6.62. The molecule has 0 saturated carbocycles. The molecule has 0 N–H and O–H groups in total. The van der Waals surface area contributed by atoms with Gasteiger partial charge in [0.15, 0.2) is 0 Å². The van der Waals surface area contributed by atoms with Crippen LogP contribution >= 0.6 is 23.5 Å².